The van der Waals surface area contributed by atoms with Gasteiger partial charge in [0.25, 0.3) is 0 Å². The molecule has 2 aliphatic rings. The first-order chi connectivity index (χ1) is 14.9. The number of amides is 3. The minimum Gasteiger partial charge on any atom is -0.495 e. The van der Waals surface area contributed by atoms with Crippen LogP contribution in [0.1, 0.15) is 18.9 Å². The fourth-order valence-electron chi connectivity index (χ4n) is 4.40. The smallest absolute Gasteiger partial charge is 0.242 e. The van der Waals surface area contributed by atoms with Crippen LogP contribution in [-0.4, -0.2) is 67.4 Å². The summed E-state index contributed by atoms with van der Waals surface area (Å²) in [4.78, 5) is 43.6. The van der Waals surface area contributed by atoms with Gasteiger partial charge in [0.15, 0.2) is 0 Å². The van der Waals surface area contributed by atoms with Crippen LogP contribution in [0.5, 0.6) is 5.75 Å². The Labute approximate surface area is 182 Å². The summed E-state index contributed by atoms with van der Waals surface area (Å²) in [6.45, 7) is 3.96. The molecule has 0 N–H and O–H groups in total. The number of nitrogens with zero attached hydrogens (tertiary/aromatic N) is 3. The van der Waals surface area contributed by atoms with Crippen LogP contribution in [0.4, 0.5) is 5.69 Å². The van der Waals surface area contributed by atoms with Crippen LogP contribution in [0, 0.1) is 0 Å². The van der Waals surface area contributed by atoms with E-state index in [1.54, 1.807) is 18.9 Å². The maximum Gasteiger partial charge on any atom is 0.242 e. The standard InChI is InChI=1S/C24H27N3O4/c1-24(18-8-4-3-5-9-18)16-21(28)27(23(24)30)17-22(29)26-14-12-25(13-15-26)19-10-6-7-11-20(19)31-2/h3-11H,12-17H2,1-2H3. The minimum atomic E-state index is -0.915. The summed E-state index contributed by atoms with van der Waals surface area (Å²) in [5.41, 5.74) is 0.885. The fourth-order valence-corrected chi connectivity index (χ4v) is 4.40. The Morgan fingerprint density at radius 2 is 1.61 bits per heavy atom. The fraction of sp³-hybridized carbons (Fsp3) is 0.375. The molecule has 2 fully saturated rings. The predicted molar refractivity (Wildman–Crippen MR) is 117 cm³/mol. The van der Waals surface area contributed by atoms with E-state index in [4.69, 9.17) is 4.74 Å². The van der Waals surface area contributed by atoms with E-state index in [1.807, 2.05) is 54.6 Å². The highest BCUT2D eigenvalue weighted by molar-refractivity contribution is 6.10. The molecule has 31 heavy (non-hydrogen) atoms. The van der Waals surface area contributed by atoms with Crippen LogP contribution in [-0.2, 0) is 19.8 Å². The molecule has 2 aliphatic heterocycles. The van der Waals surface area contributed by atoms with E-state index in [-0.39, 0.29) is 30.7 Å². The van der Waals surface area contributed by atoms with Gasteiger partial charge in [0.05, 0.1) is 18.2 Å². The van der Waals surface area contributed by atoms with Crippen molar-refractivity contribution in [1.29, 1.82) is 0 Å². The zero-order chi connectivity index (χ0) is 22.0. The van der Waals surface area contributed by atoms with E-state index in [9.17, 15) is 14.4 Å². The molecule has 0 aromatic heterocycles. The molecular formula is C24H27N3O4. The number of carbonyl (C=O) groups is 3. The number of hydrogen-bond acceptors (Lipinski definition) is 5. The number of benzene rings is 2. The largest absolute Gasteiger partial charge is 0.495 e. The van der Waals surface area contributed by atoms with Gasteiger partial charge in [-0.3, -0.25) is 19.3 Å². The van der Waals surface area contributed by atoms with Crippen molar-refractivity contribution in [2.75, 3.05) is 44.7 Å². The molecule has 0 spiro atoms. The first-order valence-corrected chi connectivity index (χ1v) is 10.5. The molecule has 7 heteroatoms. The number of ether oxygens (including phenoxy) is 1. The van der Waals surface area contributed by atoms with E-state index in [1.165, 1.54) is 0 Å². The molecule has 2 heterocycles. The average Bonchev–Trinajstić information content (AvgIpc) is 3.03. The van der Waals surface area contributed by atoms with Gasteiger partial charge in [-0.15, -0.1) is 0 Å². The van der Waals surface area contributed by atoms with E-state index in [2.05, 4.69) is 4.90 Å². The summed E-state index contributed by atoms with van der Waals surface area (Å²) in [5.74, 6) is 0.0106. The highest BCUT2D eigenvalue weighted by Gasteiger charge is 2.50. The maximum absolute atomic E-state index is 13.1. The Kier molecular flexibility index (Phi) is 5.67. The summed E-state index contributed by atoms with van der Waals surface area (Å²) in [6, 6.07) is 17.1. The Bertz CT molecular complexity index is 985. The lowest BCUT2D eigenvalue weighted by atomic mass is 9.81. The molecule has 0 aliphatic carbocycles. The van der Waals surface area contributed by atoms with Crippen LogP contribution in [0.25, 0.3) is 0 Å². The van der Waals surface area contributed by atoms with Crippen LogP contribution in [0.2, 0.25) is 0 Å². The van der Waals surface area contributed by atoms with Crippen molar-refractivity contribution in [3.63, 3.8) is 0 Å². The predicted octanol–water partition coefficient (Wildman–Crippen LogP) is 2.06. The van der Waals surface area contributed by atoms with Crippen LogP contribution in [0.3, 0.4) is 0 Å². The van der Waals surface area contributed by atoms with E-state index in [0.717, 1.165) is 21.9 Å². The van der Waals surface area contributed by atoms with Gasteiger partial charge in [0, 0.05) is 32.6 Å². The van der Waals surface area contributed by atoms with Gasteiger partial charge < -0.3 is 14.5 Å². The molecule has 3 amide bonds. The Morgan fingerprint density at radius 1 is 0.968 bits per heavy atom. The molecule has 2 aromatic carbocycles. The first kappa shape index (κ1) is 20.9. The van der Waals surface area contributed by atoms with Crippen LogP contribution < -0.4 is 9.64 Å². The van der Waals surface area contributed by atoms with Gasteiger partial charge in [-0.2, -0.15) is 0 Å². The van der Waals surface area contributed by atoms with E-state index < -0.39 is 5.41 Å². The molecule has 1 unspecified atom stereocenters. The highest BCUT2D eigenvalue weighted by Crippen LogP contribution is 2.36. The molecule has 0 saturated carbocycles. The first-order valence-electron chi connectivity index (χ1n) is 10.5. The number of anilines is 1. The monoisotopic (exact) mass is 421 g/mol. The van der Waals surface area contributed by atoms with Gasteiger partial charge in [-0.1, -0.05) is 42.5 Å². The quantitative estimate of drug-likeness (QED) is 0.692. The van der Waals surface area contributed by atoms with Crippen molar-refractivity contribution in [3.8, 4) is 5.75 Å². The summed E-state index contributed by atoms with van der Waals surface area (Å²) in [5, 5.41) is 0. The van der Waals surface area contributed by atoms with Gasteiger partial charge >= 0.3 is 0 Å². The van der Waals surface area contributed by atoms with Crippen LogP contribution >= 0.6 is 0 Å². The maximum atomic E-state index is 13.1. The summed E-state index contributed by atoms with van der Waals surface area (Å²) in [7, 11) is 1.64. The Morgan fingerprint density at radius 3 is 2.29 bits per heavy atom. The van der Waals surface area contributed by atoms with Crippen molar-refractivity contribution in [3.05, 3.63) is 60.2 Å². The van der Waals surface area contributed by atoms with Crippen molar-refractivity contribution in [2.24, 2.45) is 0 Å². The van der Waals surface area contributed by atoms with Crippen molar-refractivity contribution in [2.45, 2.75) is 18.8 Å². The topological polar surface area (TPSA) is 70.2 Å². The zero-order valence-corrected chi connectivity index (χ0v) is 17.9. The number of carbonyl (C=O) groups excluding carboxylic acids is 3. The molecule has 4 rings (SSSR count). The Hall–Kier alpha value is -3.35. The molecule has 0 radical (unpaired) electrons. The van der Waals surface area contributed by atoms with Gasteiger partial charge in [-0.05, 0) is 24.6 Å². The van der Waals surface area contributed by atoms with Crippen molar-refractivity contribution < 1.29 is 19.1 Å². The summed E-state index contributed by atoms with van der Waals surface area (Å²) in [6.07, 6.45) is 0.0880. The third-order valence-electron chi connectivity index (χ3n) is 6.29. The normalized spacial score (nSPS) is 21.5. The SMILES string of the molecule is COc1ccccc1N1CCN(C(=O)CN2C(=O)CC(C)(c3ccccc3)C2=O)CC1. The van der Waals surface area contributed by atoms with Crippen molar-refractivity contribution >= 4 is 23.4 Å². The Balaban J connectivity index is 1.39. The molecule has 7 nitrogen and oxygen atoms in total. The van der Waals surface area contributed by atoms with E-state index >= 15 is 0 Å². The lowest BCUT2D eigenvalue weighted by molar-refractivity contribution is -0.146. The second kappa shape index (κ2) is 8.41. The third kappa shape index (κ3) is 3.87. The minimum absolute atomic E-state index is 0.0880. The lowest BCUT2D eigenvalue weighted by Gasteiger charge is -2.37. The number of imide groups is 1. The van der Waals surface area contributed by atoms with Gasteiger partial charge in [0.2, 0.25) is 17.7 Å². The molecular weight excluding hydrogens is 394 g/mol. The number of likely N-dealkylation sites (tertiary alicyclic amines) is 1. The summed E-state index contributed by atoms with van der Waals surface area (Å²) < 4.78 is 5.44. The molecule has 2 saturated heterocycles. The highest BCUT2D eigenvalue weighted by atomic mass is 16.5. The lowest BCUT2D eigenvalue weighted by Crippen LogP contribution is -2.52. The van der Waals surface area contributed by atoms with E-state index in [0.29, 0.717) is 26.2 Å². The number of piperazine rings is 1. The second-order valence-electron chi connectivity index (χ2n) is 8.20. The third-order valence-corrected chi connectivity index (χ3v) is 6.29. The zero-order valence-electron chi connectivity index (χ0n) is 17.9. The second-order valence-corrected chi connectivity index (χ2v) is 8.20. The molecule has 2 aromatic rings. The number of hydrogen-bond donors (Lipinski definition) is 0. The molecule has 162 valence electrons. The van der Waals surface area contributed by atoms with Gasteiger partial charge in [0.1, 0.15) is 12.3 Å². The van der Waals surface area contributed by atoms with Crippen LogP contribution in [0.15, 0.2) is 54.6 Å². The number of para-hydroxylation sites is 2. The average molecular weight is 421 g/mol. The molecule has 0 bridgehead atoms. The summed E-state index contributed by atoms with van der Waals surface area (Å²) >= 11 is 0. The molecule has 1 atom stereocenters. The number of methoxy groups -OCH3 is 1. The van der Waals surface area contributed by atoms with Gasteiger partial charge in [-0.25, -0.2) is 0 Å². The van der Waals surface area contributed by atoms with Crippen molar-refractivity contribution in [1.82, 2.24) is 9.80 Å². The number of rotatable bonds is 5.